The molecule has 78 valence electrons. The third-order valence-electron chi connectivity index (χ3n) is 1.91. The summed E-state index contributed by atoms with van der Waals surface area (Å²) in [5.74, 6) is -0.0608. The highest BCUT2D eigenvalue weighted by Gasteiger charge is 2.18. The highest BCUT2D eigenvalue weighted by molar-refractivity contribution is 7.81. The Morgan fingerprint density at radius 1 is 1.62 bits per heavy atom. The molecule has 1 atom stereocenters. The van der Waals surface area contributed by atoms with Crippen molar-refractivity contribution in [3.8, 4) is 0 Å². The second-order valence-electron chi connectivity index (χ2n) is 4.03. The number of thiol groups is 1. The van der Waals surface area contributed by atoms with Gasteiger partial charge in [0.2, 0.25) is 5.91 Å². The lowest BCUT2D eigenvalue weighted by atomic mass is 9.90. The maximum absolute atomic E-state index is 11.1. The van der Waals surface area contributed by atoms with Crippen LogP contribution in [-0.2, 0) is 4.79 Å². The molecule has 4 heteroatoms. The summed E-state index contributed by atoms with van der Waals surface area (Å²) in [7, 11) is 0. The van der Waals surface area contributed by atoms with Crippen molar-refractivity contribution in [2.24, 2.45) is 5.41 Å². The van der Waals surface area contributed by atoms with E-state index in [1.165, 1.54) is 0 Å². The molecule has 2 N–H and O–H groups in total. The normalized spacial score (nSPS) is 13.9. The Balaban J connectivity index is 3.80. The fourth-order valence-electron chi connectivity index (χ4n) is 0.865. The quantitative estimate of drug-likeness (QED) is 0.582. The van der Waals surface area contributed by atoms with Crippen LogP contribution in [0.4, 0.5) is 0 Å². The van der Waals surface area contributed by atoms with Crippen molar-refractivity contribution in [1.82, 2.24) is 5.32 Å². The molecule has 0 rings (SSSR count). The van der Waals surface area contributed by atoms with Crippen molar-refractivity contribution in [1.29, 1.82) is 0 Å². The van der Waals surface area contributed by atoms with Crippen LogP contribution in [0.1, 0.15) is 27.2 Å². The van der Waals surface area contributed by atoms with Gasteiger partial charge in [0.15, 0.2) is 0 Å². The van der Waals surface area contributed by atoms with Gasteiger partial charge in [-0.25, -0.2) is 0 Å². The van der Waals surface area contributed by atoms with Gasteiger partial charge < -0.3 is 10.4 Å². The number of carbonyl (C=O) groups is 1. The summed E-state index contributed by atoms with van der Waals surface area (Å²) in [6.45, 7) is 6.48. The van der Waals surface area contributed by atoms with E-state index in [4.69, 9.17) is 5.11 Å². The van der Waals surface area contributed by atoms with Crippen LogP contribution in [0.25, 0.3) is 0 Å². The predicted molar refractivity (Wildman–Crippen MR) is 56.9 cm³/mol. The van der Waals surface area contributed by atoms with Crippen LogP contribution in [0.2, 0.25) is 0 Å². The molecule has 0 aliphatic carbocycles. The van der Waals surface area contributed by atoms with Crippen molar-refractivity contribution in [2.75, 3.05) is 13.2 Å². The standard InChI is InChI=1S/C9H19NO2S/c1-7(13)8(12)10-6-9(2,3)4-5-11/h7,11,13H,4-6H2,1-3H3,(H,10,12). The Morgan fingerprint density at radius 2 is 2.15 bits per heavy atom. The second-order valence-corrected chi connectivity index (χ2v) is 4.81. The van der Waals surface area contributed by atoms with Gasteiger partial charge in [-0.2, -0.15) is 12.6 Å². The zero-order valence-corrected chi connectivity index (χ0v) is 9.40. The van der Waals surface area contributed by atoms with Crippen LogP contribution >= 0.6 is 12.6 Å². The number of carbonyl (C=O) groups excluding carboxylic acids is 1. The molecule has 0 saturated heterocycles. The molecule has 0 saturated carbocycles. The molecule has 0 radical (unpaired) electrons. The first-order valence-corrected chi connectivity index (χ1v) is 4.97. The average molecular weight is 205 g/mol. The van der Waals surface area contributed by atoms with Gasteiger partial charge in [-0.3, -0.25) is 4.79 Å². The number of rotatable bonds is 5. The van der Waals surface area contributed by atoms with E-state index in [-0.39, 0.29) is 23.2 Å². The smallest absolute Gasteiger partial charge is 0.232 e. The number of nitrogens with one attached hydrogen (secondary N) is 1. The molecule has 0 spiro atoms. The van der Waals surface area contributed by atoms with Gasteiger partial charge in [0, 0.05) is 13.2 Å². The molecule has 0 aromatic heterocycles. The highest BCUT2D eigenvalue weighted by Crippen LogP contribution is 2.17. The van der Waals surface area contributed by atoms with Crippen molar-refractivity contribution in [3.05, 3.63) is 0 Å². The Labute approximate surface area is 85.3 Å². The van der Waals surface area contributed by atoms with Gasteiger partial charge in [0.1, 0.15) is 0 Å². The van der Waals surface area contributed by atoms with Gasteiger partial charge in [0.05, 0.1) is 5.25 Å². The molecule has 0 heterocycles. The summed E-state index contributed by atoms with van der Waals surface area (Å²) in [6, 6.07) is 0. The van der Waals surface area contributed by atoms with Crippen LogP contribution in [0, 0.1) is 5.41 Å². The molecule has 1 unspecified atom stereocenters. The third-order valence-corrected chi connectivity index (χ3v) is 2.14. The topological polar surface area (TPSA) is 49.3 Å². The fraction of sp³-hybridized carbons (Fsp3) is 0.889. The predicted octanol–water partition coefficient (Wildman–Crippen LogP) is 0.829. The van der Waals surface area contributed by atoms with Gasteiger partial charge in [-0.05, 0) is 18.8 Å². The monoisotopic (exact) mass is 205 g/mol. The molecule has 0 aliphatic rings. The zero-order chi connectivity index (χ0) is 10.5. The number of aliphatic hydroxyl groups is 1. The van der Waals surface area contributed by atoms with Crippen molar-refractivity contribution in [2.45, 2.75) is 32.4 Å². The summed E-state index contributed by atoms with van der Waals surface area (Å²) >= 11 is 4.01. The summed E-state index contributed by atoms with van der Waals surface area (Å²) in [5.41, 5.74) is -0.0485. The molecule has 3 nitrogen and oxygen atoms in total. The van der Waals surface area contributed by atoms with Crippen LogP contribution in [0.5, 0.6) is 0 Å². The third kappa shape index (κ3) is 5.93. The molecule has 0 bridgehead atoms. The minimum Gasteiger partial charge on any atom is -0.396 e. The number of aliphatic hydroxyl groups excluding tert-OH is 1. The second kappa shape index (κ2) is 5.50. The highest BCUT2D eigenvalue weighted by atomic mass is 32.1. The number of amides is 1. The molecular weight excluding hydrogens is 186 g/mol. The fourth-order valence-corrected chi connectivity index (χ4v) is 0.956. The van der Waals surface area contributed by atoms with Gasteiger partial charge in [0.25, 0.3) is 0 Å². The Hall–Kier alpha value is -0.220. The van der Waals surface area contributed by atoms with Crippen molar-refractivity contribution in [3.63, 3.8) is 0 Å². The first-order chi connectivity index (χ1) is 5.89. The summed E-state index contributed by atoms with van der Waals surface area (Å²) < 4.78 is 0. The van der Waals surface area contributed by atoms with E-state index in [1.54, 1.807) is 6.92 Å². The summed E-state index contributed by atoms with van der Waals surface area (Å²) in [5, 5.41) is 11.3. The Kier molecular flexibility index (Phi) is 5.40. The molecule has 0 aliphatic heterocycles. The van der Waals surface area contributed by atoms with E-state index in [2.05, 4.69) is 17.9 Å². The maximum Gasteiger partial charge on any atom is 0.232 e. The lowest BCUT2D eigenvalue weighted by molar-refractivity contribution is -0.120. The maximum atomic E-state index is 11.1. The average Bonchev–Trinajstić information content (AvgIpc) is 2.00. The van der Waals surface area contributed by atoms with Crippen LogP contribution < -0.4 is 5.32 Å². The number of hydrogen-bond acceptors (Lipinski definition) is 3. The van der Waals surface area contributed by atoms with E-state index in [0.717, 1.165) is 0 Å². The molecule has 13 heavy (non-hydrogen) atoms. The molecular formula is C9H19NO2S. The SMILES string of the molecule is CC(S)C(=O)NCC(C)(C)CCO. The van der Waals surface area contributed by atoms with Gasteiger partial charge in [-0.1, -0.05) is 13.8 Å². The van der Waals surface area contributed by atoms with E-state index in [1.807, 2.05) is 13.8 Å². The van der Waals surface area contributed by atoms with Gasteiger partial charge >= 0.3 is 0 Å². The lowest BCUT2D eigenvalue weighted by Crippen LogP contribution is -2.37. The molecule has 0 aromatic carbocycles. The first kappa shape index (κ1) is 12.8. The van der Waals surface area contributed by atoms with Crippen LogP contribution in [0.3, 0.4) is 0 Å². The van der Waals surface area contributed by atoms with E-state index >= 15 is 0 Å². The molecule has 1 amide bonds. The summed E-state index contributed by atoms with van der Waals surface area (Å²) in [6.07, 6.45) is 0.689. The van der Waals surface area contributed by atoms with E-state index in [0.29, 0.717) is 13.0 Å². The largest absolute Gasteiger partial charge is 0.396 e. The molecule has 0 aromatic rings. The lowest BCUT2D eigenvalue weighted by Gasteiger charge is -2.24. The van der Waals surface area contributed by atoms with Crippen molar-refractivity contribution >= 4 is 18.5 Å². The number of hydrogen-bond donors (Lipinski definition) is 3. The van der Waals surface area contributed by atoms with Crippen molar-refractivity contribution < 1.29 is 9.90 Å². The zero-order valence-electron chi connectivity index (χ0n) is 8.50. The molecule has 0 fully saturated rings. The first-order valence-electron chi connectivity index (χ1n) is 4.46. The van der Waals surface area contributed by atoms with Gasteiger partial charge in [-0.15, -0.1) is 0 Å². The Morgan fingerprint density at radius 3 is 2.54 bits per heavy atom. The summed E-state index contributed by atoms with van der Waals surface area (Å²) in [4.78, 5) is 11.1. The van der Waals surface area contributed by atoms with E-state index in [9.17, 15) is 4.79 Å². The minimum absolute atomic E-state index is 0.0485. The van der Waals surface area contributed by atoms with E-state index < -0.39 is 0 Å². The minimum atomic E-state index is -0.273. The van der Waals surface area contributed by atoms with Crippen LogP contribution in [0.15, 0.2) is 0 Å². The van der Waals surface area contributed by atoms with Crippen LogP contribution in [-0.4, -0.2) is 29.4 Å². The Bertz CT molecular complexity index is 169.